The maximum absolute atomic E-state index is 10.9. The van der Waals surface area contributed by atoms with Crippen LogP contribution in [-0.4, -0.2) is 24.4 Å². The summed E-state index contributed by atoms with van der Waals surface area (Å²) in [6.45, 7) is 2.32. The summed E-state index contributed by atoms with van der Waals surface area (Å²) < 4.78 is 5.23. The SMILES string of the molecule is CC(=O)CCN(C)c1ccc2ncoc2c1. The van der Waals surface area contributed by atoms with Crippen molar-refractivity contribution in [2.75, 3.05) is 18.5 Å². The lowest BCUT2D eigenvalue weighted by Gasteiger charge is -2.18. The summed E-state index contributed by atoms with van der Waals surface area (Å²) in [4.78, 5) is 17.0. The lowest BCUT2D eigenvalue weighted by molar-refractivity contribution is -0.116. The Morgan fingerprint density at radius 3 is 3.06 bits per heavy atom. The van der Waals surface area contributed by atoms with E-state index in [1.807, 2.05) is 30.1 Å². The van der Waals surface area contributed by atoms with Crippen molar-refractivity contribution in [1.82, 2.24) is 4.98 Å². The molecule has 0 amide bonds. The normalized spacial score (nSPS) is 10.6. The second kappa shape index (κ2) is 4.35. The predicted molar refractivity (Wildman–Crippen MR) is 62.6 cm³/mol. The van der Waals surface area contributed by atoms with E-state index in [0.29, 0.717) is 6.42 Å². The third-order valence-corrected chi connectivity index (χ3v) is 2.55. The summed E-state index contributed by atoms with van der Waals surface area (Å²) >= 11 is 0. The molecule has 0 saturated heterocycles. The number of nitrogens with zero attached hydrogens (tertiary/aromatic N) is 2. The van der Waals surface area contributed by atoms with E-state index in [1.165, 1.54) is 6.39 Å². The molecule has 0 radical (unpaired) electrons. The van der Waals surface area contributed by atoms with E-state index in [9.17, 15) is 4.79 Å². The predicted octanol–water partition coefficient (Wildman–Crippen LogP) is 2.24. The monoisotopic (exact) mass is 218 g/mol. The van der Waals surface area contributed by atoms with Crippen LogP contribution < -0.4 is 4.90 Å². The van der Waals surface area contributed by atoms with Crippen molar-refractivity contribution in [1.29, 1.82) is 0 Å². The standard InChI is InChI=1S/C12H14N2O2/c1-9(15)5-6-14(2)10-3-4-11-12(7-10)16-8-13-11/h3-4,7-8H,5-6H2,1-2H3. The molecule has 4 nitrogen and oxygen atoms in total. The fourth-order valence-electron chi connectivity index (χ4n) is 1.54. The molecule has 0 unspecified atom stereocenters. The molecule has 0 aliphatic heterocycles. The van der Waals surface area contributed by atoms with E-state index in [1.54, 1.807) is 6.92 Å². The molecule has 0 spiro atoms. The Morgan fingerprint density at radius 2 is 2.31 bits per heavy atom. The van der Waals surface area contributed by atoms with Gasteiger partial charge in [0.2, 0.25) is 0 Å². The van der Waals surface area contributed by atoms with Crippen LogP contribution in [0.25, 0.3) is 11.1 Å². The topological polar surface area (TPSA) is 46.3 Å². The Balaban J connectivity index is 2.15. The molecule has 0 fully saturated rings. The van der Waals surface area contributed by atoms with Gasteiger partial charge in [-0.1, -0.05) is 0 Å². The van der Waals surface area contributed by atoms with Crippen LogP contribution in [0.3, 0.4) is 0 Å². The number of fused-ring (bicyclic) bond motifs is 1. The van der Waals surface area contributed by atoms with Crippen molar-refractivity contribution in [2.45, 2.75) is 13.3 Å². The van der Waals surface area contributed by atoms with Crippen LogP contribution in [-0.2, 0) is 4.79 Å². The molecule has 0 aliphatic carbocycles. The summed E-state index contributed by atoms with van der Waals surface area (Å²) in [5.74, 6) is 0.201. The van der Waals surface area contributed by atoms with Gasteiger partial charge in [0.05, 0.1) is 0 Å². The van der Waals surface area contributed by atoms with Gasteiger partial charge in [0, 0.05) is 31.8 Å². The van der Waals surface area contributed by atoms with Crippen LogP contribution in [0.2, 0.25) is 0 Å². The van der Waals surface area contributed by atoms with Gasteiger partial charge in [-0.15, -0.1) is 0 Å². The Hall–Kier alpha value is -1.84. The van der Waals surface area contributed by atoms with Crippen LogP contribution in [0.4, 0.5) is 5.69 Å². The van der Waals surface area contributed by atoms with Crippen molar-refractivity contribution < 1.29 is 9.21 Å². The second-order valence-electron chi connectivity index (χ2n) is 3.88. The molecule has 0 atom stereocenters. The molecule has 84 valence electrons. The summed E-state index contributed by atoms with van der Waals surface area (Å²) in [6, 6.07) is 5.83. The van der Waals surface area contributed by atoms with Gasteiger partial charge >= 0.3 is 0 Å². The molecule has 2 aromatic rings. The minimum Gasteiger partial charge on any atom is -0.443 e. The number of hydrogen-bond donors (Lipinski definition) is 0. The highest BCUT2D eigenvalue weighted by molar-refractivity contribution is 5.78. The van der Waals surface area contributed by atoms with Crippen LogP contribution >= 0.6 is 0 Å². The molecule has 2 rings (SSSR count). The Kier molecular flexibility index (Phi) is 2.90. The van der Waals surface area contributed by atoms with E-state index >= 15 is 0 Å². The molecule has 1 aromatic carbocycles. The highest BCUT2D eigenvalue weighted by Crippen LogP contribution is 2.20. The fraction of sp³-hybridized carbons (Fsp3) is 0.333. The van der Waals surface area contributed by atoms with E-state index in [4.69, 9.17) is 4.42 Å². The van der Waals surface area contributed by atoms with Gasteiger partial charge in [-0.3, -0.25) is 4.79 Å². The summed E-state index contributed by atoms with van der Waals surface area (Å²) in [5.41, 5.74) is 2.65. The lowest BCUT2D eigenvalue weighted by atomic mass is 10.2. The van der Waals surface area contributed by atoms with Crippen molar-refractivity contribution >= 4 is 22.6 Å². The highest BCUT2D eigenvalue weighted by Gasteiger charge is 2.05. The Labute approximate surface area is 93.9 Å². The van der Waals surface area contributed by atoms with Crippen LogP contribution in [0.15, 0.2) is 29.0 Å². The Morgan fingerprint density at radius 1 is 1.50 bits per heavy atom. The first kappa shape index (κ1) is 10.7. The number of Topliss-reactive ketones (excluding diaryl/α,β-unsaturated/α-hetero) is 1. The number of hydrogen-bond acceptors (Lipinski definition) is 4. The van der Waals surface area contributed by atoms with Gasteiger partial charge in [0.1, 0.15) is 11.3 Å². The zero-order chi connectivity index (χ0) is 11.5. The molecule has 0 aliphatic rings. The third-order valence-electron chi connectivity index (χ3n) is 2.55. The molecule has 16 heavy (non-hydrogen) atoms. The average molecular weight is 218 g/mol. The minimum absolute atomic E-state index is 0.201. The van der Waals surface area contributed by atoms with E-state index in [0.717, 1.165) is 23.3 Å². The highest BCUT2D eigenvalue weighted by atomic mass is 16.3. The van der Waals surface area contributed by atoms with Gasteiger partial charge < -0.3 is 9.32 Å². The van der Waals surface area contributed by atoms with Crippen molar-refractivity contribution in [3.05, 3.63) is 24.6 Å². The van der Waals surface area contributed by atoms with Gasteiger partial charge in [-0.25, -0.2) is 4.98 Å². The fourth-order valence-corrected chi connectivity index (χ4v) is 1.54. The van der Waals surface area contributed by atoms with Crippen molar-refractivity contribution in [2.24, 2.45) is 0 Å². The molecular weight excluding hydrogens is 204 g/mol. The first-order valence-electron chi connectivity index (χ1n) is 5.20. The maximum atomic E-state index is 10.9. The molecule has 0 N–H and O–H groups in total. The molecule has 0 bridgehead atoms. The third kappa shape index (κ3) is 2.21. The van der Waals surface area contributed by atoms with Crippen LogP contribution in [0.1, 0.15) is 13.3 Å². The number of rotatable bonds is 4. The van der Waals surface area contributed by atoms with Crippen LogP contribution in [0, 0.1) is 0 Å². The second-order valence-corrected chi connectivity index (χ2v) is 3.88. The molecule has 1 aromatic heterocycles. The number of ketones is 1. The van der Waals surface area contributed by atoms with Gasteiger partial charge in [-0.2, -0.15) is 0 Å². The summed E-state index contributed by atoms with van der Waals surface area (Å²) in [5, 5.41) is 0. The first-order valence-corrected chi connectivity index (χ1v) is 5.20. The van der Waals surface area contributed by atoms with E-state index in [-0.39, 0.29) is 5.78 Å². The first-order chi connectivity index (χ1) is 7.66. The number of benzene rings is 1. The minimum atomic E-state index is 0.201. The zero-order valence-corrected chi connectivity index (χ0v) is 9.43. The van der Waals surface area contributed by atoms with E-state index in [2.05, 4.69) is 4.98 Å². The molecule has 0 saturated carbocycles. The van der Waals surface area contributed by atoms with Gasteiger partial charge in [0.25, 0.3) is 0 Å². The summed E-state index contributed by atoms with van der Waals surface area (Å²) in [7, 11) is 1.96. The van der Waals surface area contributed by atoms with E-state index < -0.39 is 0 Å². The van der Waals surface area contributed by atoms with Gasteiger partial charge in [0.15, 0.2) is 12.0 Å². The smallest absolute Gasteiger partial charge is 0.181 e. The molecule has 4 heteroatoms. The Bertz CT molecular complexity index is 504. The molecule has 1 heterocycles. The maximum Gasteiger partial charge on any atom is 0.181 e. The number of oxazole rings is 1. The zero-order valence-electron chi connectivity index (χ0n) is 9.43. The van der Waals surface area contributed by atoms with Crippen molar-refractivity contribution in [3.8, 4) is 0 Å². The number of anilines is 1. The number of aromatic nitrogens is 1. The molecular formula is C12H14N2O2. The van der Waals surface area contributed by atoms with Gasteiger partial charge in [-0.05, 0) is 19.1 Å². The lowest BCUT2D eigenvalue weighted by Crippen LogP contribution is -2.20. The average Bonchev–Trinajstić information content (AvgIpc) is 2.72. The summed E-state index contributed by atoms with van der Waals surface area (Å²) in [6.07, 6.45) is 1.99. The number of carbonyl (C=O) groups excluding carboxylic acids is 1. The quantitative estimate of drug-likeness (QED) is 0.789. The number of carbonyl (C=O) groups is 1. The van der Waals surface area contributed by atoms with Crippen LogP contribution in [0.5, 0.6) is 0 Å². The largest absolute Gasteiger partial charge is 0.443 e. The van der Waals surface area contributed by atoms with Crippen molar-refractivity contribution in [3.63, 3.8) is 0 Å².